The Bertz CT molecular complexity index is 587. The van der Waals surface area contributed by atoms with Crippen molar-refractivity contribution in [2.24, 2.45) is 0 Å². The molecule has 21 heavy (non-hydrogen) atoms. The van der Waals surface area contributed by atoms with E-state index in [1.54, 1.807) is 7.11 Å². The maximum atomic E-state index is 5.29. The minimum Gasteiger partial charge on any atom is -0.378 e. The van der Waals surface area contributed by atoms with Crippen LogP contribution >= 0.6 is 11.3 Å². The van der Waals surface area contributed by atoms with Gasteiger partial charge >= 0.3 is 0 Å². The summed E-state index contributed by atoms with van der Waals surface area (Å²) in [6.07, 6.45) is 3.54. The van der Waals surface area contributed by atoms with Gasteiger partial charge in [0, 0.05) is 31.0 Å². The van der Waals surface area contributed by atoms with Crippen LogP contribution in [-0.4, -0.2) is 18.1 Å². The van der Waals surface area contributed by atoms with E-state index in [4.69, 9.17) is 9.72 Å². The van der Waals surface area contributed by atoms with E-state index in [0.717, 1.165) is 24.7 Å². The Morgan fingerprint density at radius 3 is 2.71 bits per heavy atom. The van der Waals surface area contributed by atoms with E-state index < -0.39 is 0 Å². The quantitative estimate of drug-likeness (QED) is 0.850. The number of ether oxygens (including phenoxy) is 1. The second-order valence-corrected chi connectivity index (χ2v) is 6.90. The molecule has 1 aromatic heterocycles. The number of benzene rings is 1. The highest BCUT2D eigenvalue weighted by atomic mass is 32.1. The maximum Gasteiger partial charge on any atom is 0.0976 e. The van der Waals surface area contributed by atoms with Crippen LogP contribution < -0.4 is 5.32 Å². The molecule has 3 nitrogen and oxygen atoms in total. The molecule has 0 aliphatic heterocycles. The fourth-order valence-corrected chi connectivity index (χ4v) is 3.36. The standard InChI is InChI=1S/C17H22N2OS/c1-12-3-5-13(6-4-12)9-17-19-15(11-20-2)16(21-17)10-18-14-7-8-14/h3-6,14,18H,7-11H2,1-2H3. The van der Waals surface area contributed by atoms with Crippen LogP contribution in [0.25, 0.3) is 0 Å². The predicted molar refractivity (Wildman–Crippen MR) is 86.7 cm³/mol. The second-order valence-electron chi connectivity index (χ2n) is 5.73. The van der Waals surface area contributed by atoms with Crippen LogP contribution in [0.1, 0.15) is 39.5 Å². The number of methoxy groups -OCH3 is 1. The van der Waals surface area contributed by atoms with E-state index in [9.17, 15) is 0 Å². The zero-order valence-corrected chi connectivity index (χ0v) is 13.5. The van der Waals surface area contributed by atoms with Crippen molar-refractivity contribution in [2.75, 3.05) is 7.11 Å². The molecule has 0 saturated heterocycles. The van der Waals surface area contributed by atoms with Gasteiger partial charge in [-0.25, -0.2) is 4.98 Å². The highest BCUT2D eigenvalue weighted by Gasteiger charge is 2.21. The lowest BCUT2D eigenvalue weighted by Crippen LogP contribution is -2.15. The summed E-state index contributed by atoms with van der Waals surface area (Å²) in [4.78, 5) is 6.09. The first-order valence-corrected chi connectivity index (χ1v) is 8.31. The normalized spacial score (nSPS) is 14.6. The summed E-state index contributed by atoms with van der Waals surface area (Å²) in [6.45, 7) is 3.65. The average Bonchev–Trinajstić information content (AvgIpc) is 3.23. The number of thiazole rings is 1. The van der Waals surface area contributed by atoms with Gasteiger partial charge in [-0.15, -0.1) is 11.3 Å². The molecule has 1 heterocycles. The monoisotopic (exact) mass is 302 g/mol. The third-order valence-electron chi connectivity index (χ3n) is 3.71. The van der Waals surface area contributed by atoms with E-state index >= 15 is 0 Å². The van der Waals surface area contributed by atoms with E-state index in [-0.39, 0.29) is 0 Å². The Hall–Kier alpha value is -1.23. The topological polar surface area (TPSA) is 34.1 Å². The number of nitrogens with zero attached hydrogens (tertiary/aromatic N) is 1. The molecule has 0 unspecified atom stereocenters. The minimum atomic E-state index is 0.603. The Kier molecular flexibility index (Phi) is 4.68. The van der Waals surface area contributed by atoms with Crippen molar-refractivity contribution in [1.82, 2.24) is 10.3 Å². The van der Waals surface area contributed by atoms with Gasteiger partial charge in [0.2, 0.25) is 0 Å². The van der Waals surface area contributed by atoms with Crippen LogP contribution in [-0.2, 0) is 24.3 Å². The van der Waals surface area contributed by atoms with Crippen molar-refractivity contribution in [2.45, 2.75) is 45.4 Å². The fourth-order valence-electron chi connectivity index (χ4n) is 2.31. The molecule has 0 radical (unpaired) electrons. The van der Waals surface area contributed by atoms with Gasteiger partial charge in [0.15, 0.2) is 0 Å². The summed E-state index contributed by atoms with van der Waals surface area (Å²) < 4.78 is 5.29. The first kappa shape index (κ1) is 14.7. The van der Waals surface area contributed by atoms with Gasteiger partial charge in [0.05, 0.1) is 17.3 Å². The summed E-state index contributed by atoms with van der Waals surface area (Å²) in [7, 11) is 1.73. The molecule has 3 rings (SSSR count). The number of nitrogens with one attached hydrogen (secondary N) is 1. The molecule has 2 aromatic rings. The summed E-state index contributed by atoms with van der Waals surface area (Å²) in [5.74, 6) is 0. The highest BCUT2D eigenvalue weighted by molar-refractivity contribution is 7.11. The fraction of sp³-hybridized carbons (Fsp3) is 0.471. The van der Waals surface area contributed by atoms with Crippen molar-refractivity contribution in [1.29, 1.82) is 0 Å². The van der Waals surface area contributed by atoms with Crippen LogP contribution in [0.4, 0.5) is 0 Å². The minimum absolute atomic E-state index is 0.603. The second kappa shape index (κ2) is 6.69. The van der Waals surface area contributed by atoms with Gasteiger partial charge in [-0.2, -0.15) is 0 Å². The maximum absolute atomic E-state index is 5.29. The summed E-state index contributed by atoms with van der Waals surface area (Å²) in [5, 5.41) is 4.75. The zero-order valence-electron chi connectivity index (χ0n) is 12.7. The molecule has 112 valence electrons. The molecule has 1 aliphatic carbocycles. The Morgan fingerprint density at radius 2 is 2.05 bits per heavy atom. The first-order chi connectivity index (χ1) is 10.2. The number of aromatic nitrogens is 1. The van der Waals surface area contributed by atoms with Crippen LogP contribution in [0.15, 0.2) is 24.3 Å². The molecule has 1 aliphatic rings. The molecule has 0 amide bonds. The smallest absolute Gasteiger partial charge is 0.0976 e. The summed E-state index contributed by atoms with van der Waals surface area (Å²) >= 11 is 1.81. The third-order valence-corrected chi connectivity index (χ3v) is 4.81. The molecular formula is C17H22N2OS. The van der Waals surface area contributed by atoms with E-state index in [0.29, 0.717) is 6.61 Å². The van der Waals surface area contributed by atoms with Gasteiger partial charge < -0.3 is 10.1 Å². The summed E-state index contributed by atoms with van der Waals surface area (Å²) in [5.41, 5.74) is 3.71. The SMILES string of the molecule is COCc1nc(Cc2ccc(C)cc2)sc1CNC1CC1. The van der Waals surface area contributed by atoms with E-state index in [1.165, 1.54) is 33.9 Å². The molecule has 1 aromatic carbocycles. The van der Waals surface area contributed by atoms with Crippen LogP contribution in [0.3, 0.4) is 0 Å². The molecule has 0 spiro atoms. The van der Waals surface area contributed by atoms with Gasteiger partial charge in [-0.3, -0.25) is 0 Å². The Morgan fingerprint density at radius 1 is 1.29 bits per heavy atom. The molecule has 1 N–H and O–H groups in total. The molecular weight excluding hydrogens is 280 g/mol. The summed E-state index contributed by atoms with van der Waals surface area (Å²) in [6, 6.07) is 9.43. The largest absolute Gasteiger partial charge is 0.378 e. The number of hydrogen-bond donors (Lipinski definition) is 1. The first-order valence-electron chi connectivity index (χ1n) is 7.50. The van der Waals surface area contributed by atoms with Crippen LogP contribution in [0.5, 0.6) is 0 Å². The molecule has 1 saturated carbocycles. The molecule has 4 heteroatoms. The van der Waals surface area contributed by atoms with Crippen LogP contribution in [0, 0.1) is 6.92 Å². The number of hydrogen-bond acceptors (Lipinski definition) is 4. The van der Waals surface area contributed by atoms with Crippen molar-refractivity contribution in [3.8, 4) is 0 Å². The molecule has 0 bridgehead atoms. The zero-order chi connectivity index (χ0) is 14.7. The van der Waals surface area contributed by atoms with Crippen molar-refractivity contribution in [3.63, 3.8) is 0 Å². The lowest BCUT2D eigenvalue weighted by atomic mass is 10.1. The molecule has 1 fully saturated rings. The Labute approximate surface area is 130 Å². The molecule has 0 atom stereocenters. The Balaban J connectivity index is 1.71. The van der Waals surface area contributed by atoms with E-state index in [1.807, 2.05) is 11.3 Å². The van der Waals surface area contributed by atoms with Gasteiger partial charge in [0.1, 0.15) is 0 Å². The number of rotatable bonds is 7. The average molecular weight is 302 g/mol. The number of aryl methyl sites for hydroxylation is 1. The van der Waals surface area contributed by atoms with E-state index in [2.05, 4.69) is 36.5 Å². The van der Waals surface area contributed by atoms with Crippen molar-refractivity contribution < 1.29 is 4.74 Å². The lowest BCUT2D eigenvalue weighted by molar-refractivity contribution is 0.181. The van der Waals surface area contributed by atoms with Crippen molar-refractivity contribution in [3.05, 3.63) is 51.0 Å². The van der Waals surface area contributed by atoms with Crippen molar-refractivity contribution >= 4 is 11.3 Å². The predicted octanol–water partition coefficient (Wildman–Crippen LogP) is 3.44. The third kappa shape index (κ3) is 4.13. The van der Waals surface area contributed by atoms with Crippen LogP contribution in [0.2, 0.25) is 0 Å². The van der Waals surface area contributed by atoms with Gasteiger partial charge in [-0.05, 0) is 25.3 Å². The lowest BCUT2D eigenvalue weighted by Gasteiger charge is -2.02. The highest BCUT2D eigenvalue weighted by Crippen LogP contribution is 2.25. The van der Waals surface area contributed by atoms with Gasteiger partial charge in [0.25, 0.3) is 0 Å². The van der Waals surface area contributed by atoms with Gasteiger partial charge in [-0.1, -0.05) is 29.8 Å².